The summed E-state index contributed by atoms with van der Waals surface area (Å²) in [4.78, 5) is 11.9. The van der Waals surface area contributed by atoms with Gasteiger partial charge in [0, 0.05) is 6.54 Å². The molecule has 0 saturated carbocycles. The number of piperidine rings is 1. The second-order valence-corrected chi connectivity index (χ2v) is 5.35. The van der Waals surface area contributed by atoms with Gasteiger partial charge < -0.3 is 15.4 Å². The van der Waals surface area contributed by atoms with Crippen molar-refractivity contribution in [1.29, 1.82) is 0 Å². The minimum atomic E-state index is -0.0423. The molecule has 0 spiro atoms. The van der Waals surface area contributed by atoms with E-state index >= 15 is 0 Å². The highest BCUT2D eigenvalue weighted by Crippen LogP contribution is 2.23. The molecule has 2 N–H and O–H groups in total. The van der Waals surface area contributed by atoms with Gasteiger partial charge >= 0.3 is 0 Å². The Bertz CT molecular complexity index is 448. The van der Waals surface area contributed by atoms with Crippen LogP contribution >= 0.6 is 0 Å². The Labute approximate surface area is 120 Å². The van der Waals surface area contributed by atoms with Gasteiger partial charge in [0.15, 0.2) is 0 Å². The Balaban J connectivity index is 1.93. The van der Waals surface area contributed by atoms with Crippen molar-refractivity contribution in [3.63, 3.8) is 0 Å². The van der Waals surface area contributed by atoms with Crippen LogP contribution in [0.3, 0.4) is 0 Å². The van der Waals surface area contributed by atoms with Crippen LogP contribution in [-0.4, -0.2) is 32.1 Å². The summed E-state index contributed by atoms with van der Waals surface area (Å²) in [6, 6.07) is 8.16. The Kier molecular flexibility index (Phi) is 5.41. The van der Waals surface area contributed by atoms with Crippen LogP contribution in [0.5, 0.6) is 5.75 Å². The molecule has 2 rings (SSSR count). The number of carbonyl (C=O) groups excluding carboxylic acids is 1. The Morgan fingerprint density at radius 3 is 3.10 bits per heavy atom. The Morgan fingerprint density at radius 2 is 2.35 bits per heavy atom. The summed E-state index contributed by atoms with van der Waals surface area (Å²) < 4.78 is 5.26. The van der Waals surface area contributed by atoms with E-state index in [2.05, 4.69) is 22.8 Å². The van der Waals surface area contributed by atoms with Crippen molar-refractivity contribution in [1.82, 2.24) is 10.6 Å². The molecule has 110 valence electrons. The fraction of sp³-hybridized carbons (Fsp3) is 0.562. The van der Waals surface area contributed by atoms with Crippen molar-refractivity contribution in [3.05, 3.63) is 29.8 Å². The smallest absolute Gasteiger partial charge is 0.237 e. The molecule has 1 aromatic rings. The number of methoxy groups -OCH3 is 1. The maximum Gasteiger partial charge on any atom is 0.237 e. The lowest BCUT2D eigenvalue weighted by atomic mass is 9.87. The number of benzene rings is 1. The molecular weight excluding hydrogens is 252 g/mol. The van der Waals surface area contributed by atoms with E-state index in [9.17, 15) is 4.79 Å². The molecule has 1 heterocycles. The highest BCUT2D eigenvalue weighted by molar-refractivity contribution is 5.81. The zero-order valence-electron chi connectivity index (χ0n) is 12.3. The van der Waals surface area contributed by atoms with Gasteiger partial charge in [0.05, 0.1) is 13.2 Å². The van der Waals surface area contributed by atoms with Gasteiger partial charge in [0.1, 0.15) is 5.75 Å². The van der Waals surface area contributed by atoms with Crippen molar-refractivity contribution in [2.75, 3.05) is 20.2 Å². The average Bonchev–Trinajstić information content (AvgIpc) is 2.48. The van der Waals surface area contributed by atoms with E-state index < -0.39 is 0 Å². The molecule has 20 heavy (non-hydrogen) atoms. The van der Waals surface area contributed by atoms with Gasteiger partial charge in [-0.1, -0.05) is 12.1 Å². The van der Waals surface area contributed by atoms with Crippen molar-refractivity contribution in [2.45, 2.75) is 32.2 Å². The number of ether oxygens (including phenoxy) is 1. The largest absolute Gasteiger partial charge is 0.497 e. The summed E-state index contributed by atoms with van der Waals surface area (Å²) in [6.07, 6.45) is 3.03. The predicted octanol–water partition coefficient (Wildman–Crippen LogP) is 1.74. The monoisotopic (exact) mass is 276 g/mol. The minimum absolute atomic E-state index is 0.0423. The molecule has 1 aromatic carbocycles. The zero-order chi connectivity index (χ0) is 14.4. The van der Waals surface area contributed by atoms with E-state index in [4.69, 9.17) is 4.74 Å². The van der Waals surface area contributed by atoms with Crippen LogP contribution in [0, 0.1) is 5.92 Å². The van der Waals surface area contributed by atoms with E-state index in [1.165, 1.54) is 5.56 Å². The summed E-state index contributed by atoms with van der Waals surface area (Å²) in [5.74, 6) is 1.58. The van der Waals surface area contributed by atoms with Crippen molar-refractivity contribution in [3.8, 4) is 5.75 Å². The van der Waals surface area contributed by atoms with E-state index in [1.54, 1.807) is 7.11 Å². The standard InChI is InChI=1S/C16H24N2O2/c1-3-17-16(19)15-11-13(7-8-18-15)9-12-5-4-6-14(10-12)20-2/h4-6,10,13,15,18H,3,7-9,11H2,1-2H3,(H,17,19). The molecule has 1 amide bonds. The lowest BCUT2D eigenvalue weighted by molar-refractivity contribution is -0.123. The first-order valence-corrected chi connectivity index (χ1v) is 7.37. The molecule has 4 heteroatoms. The highest BCUT2D eigenvalue weighted by Gasteiger charge is 2.26. The van der Waals surface area contributed by atoms with Gasteiger partial charge in [-0.15, -0.1) is 0 Å². The van der Waals surface area contributed by atoms with E-state index in [1.807, 2.05) is 19.1 Å². The molecule has 0 radical (unpaired) electrons. The number of hydrogen-bond donors (Lipinski definition) is 2. The molecule has 4 nitrogen and oxygen atoms in total. The Hall–Kier alpha value is -1.55. The molecule has 1 aliphatic rings. The van der Waals surface area contributed by atoms with Crippen molar-refractivity contribution < 1.29 is 9.53 Å². The SMILES string of the molecule is CCNC(=O)C1CC(Cc2cccc(OC)c2)CCN1. The quantitative estimate of drug-likeness (QED) is 0.861. The van der Waals surface area contributed by atoms with E-state index in [0.29, 0.717) is 12.5 Å². The Morgan fingerprint density at radius 1 is 1.50 bits per heavy atom. The summed E-state index contributed by atoms with van der Waals surface area (Å²) in [6.45, 7) is 3.56. The number of rotatable bonds is 5. The molecule has 1 saturated heterocycles. The third-order valence-electron chi connectivity index (χ3n) is 3.84. The van der Waals surface area contributed by atoms with Crippen LogP contribution in [-0.2, 0) is 11.2 Å². The molecule has 1 aliphatic heterocycles. The topological polar surface area (TPSA) is 50.4 Å². The van der Waals surface area contributed by atoms with Gasteiger partial charge in [-0.2, -0.15) is 0 Å². The van der Waals surface area contributed by atoms with Crippen LogP contribution in [0.1, 0.15) is 25.3 Å². The summed E-state index contributed by atoms with van der Waals surface area (Å²) in [5.41, 5.74) is 1.28. The normalized spacial score (nSPS) is 22.3. The number of carbonyl (C=O) groups is 1. The average molecular weight is 276 g/mol. The molecule has 2 atom stereocenters. The number of hydrogen-bond acceptors (Lipinski definition) is 3. The van der Waals surface area contributed by atoms with Crippen LogP contribution in [0.15, 0.2) is 24.3 Å². The maximum absolute atomic E-state index is 11.9. The fourth-order valence-corrected chi connectivity index (χ4v) is 2.81. The van der Waals surface area contributed by atoms with Gasteiger partial charge in [0.2, 0.25) is 5.91 Å². The van der Waals surface area contributed by atoms with Crippen molar-refractivity contribution in [2.24, 2.45) is 5.92 Å². The minimum Gasteiger partial charge on any atom is -0.497 e. The lowest BCUT2D eigenvalue weighted by Gasteiger charge is -2.29. The number of likely N-dealkylation sites (N-methyl/N-ethyl adjacent to an activating group) is 1. The van der Waals surface area contributed by atoms with Crippen LogP contribution in [0.2, 0.25) is 0 Å². The predicted molar refractivity (Wildman–Crippen MR) is 79.9 cm³/mol. The van der Waals surface area contributed by atoms with Crippen molar-refractivity contribution >= 4 is 5.91 Å². The molecular formula is C16H24N2O2. The number of amides is 1. The fourth-order valence-electron chi connectivity index (χ4n) is 2.81. The molecule has 0 aliphatic carbocycles. The first-order chi connectivity index (χ1) is 9.72. The van der Waals surface area contributed by atoms with Gasteiger partial charge in [-0.25, -0.2) is 0 Å². The summed E-state index contributed by atoms with van der Waals surface area (Å²) in [5, 5.41) is 6.20. The number of nitrogens with one attached hydrogen (secondary N) is 2. The van der Waals surface area contributed by atoms with Gasteiger partial charge in [-0.05, 0) is 56.3 Å². The first kappa shape index (κ1) is 14.9. The summed E-state index contributed by atoms with van der Waals surface area (Å²) >= 11 is 0. The second kappa shape index (κ2) is 7.29. The lowest BCUT2D eigenvalue weighted by Crippen LogP contribution is -2.48. The van der Waals surface area contributed by atoms with E-state index in [0.717, 1.165) is 31.6 Å². The van der Waals surface area contributed by atoms with Gasteiger partial charge in [0.25, 0.3) is 0 Å². The first-order valence-electron chi connectivity index (χ1n) is 7.37. The third-order valence-corrected chi connectivity index (χ3v) is 3.84. The molecule has 1 fully saturated rings. The molecule has 2 unspecified atom stereocenters. The van der Waals surface area contributed by atoms with Crippen LogP contribution < -0.4 is 15.4 Å². The second-order valence-electron chi connectivity index (χ2n) is 5.35. The molecule has 0 aromatic heterocycles. The van der Waals surface area contributed by atoms with E-state index in [-0.39, 0.29) is 11.9 Å². The zero-order valence-corrected chi connectivity index (χ0v) is 12.3. The molecule has 0 bridgehead atoms. The maximum atomic E-state index is 11.9. The van der Waals surface area contributed by atoms with Crippen LogP contribution in [0.4, 0.5) is 0 Å². The van der Waals surface area contributed by atoms with Crippen LogP contribution in [0.25, 0.3) is 0 Å². The third kappa shape index (κ3) is 3.97. The van der Waals surface area contributed by atoms with Gasteiger partial charge in [-0.3, -0.25) is 4.79 Å². The summed E-state index contributed by atoms with van der Waals surface area (Å²) in [7, 11) is 1.69. The highest BCUT2D eigenvalue weighted by atomic mass is 16.5.